The van der Waals surface area contributed by atoms with Crippen molar-refractivity contribution in [2.45, 2.75) is 6.92 Å². The number of nitrogens with one attached hydrogen (secondary N) is 1. The fraction of sp³-hybridized carbons (Fsp3) is 0.182. The monoisotopic (exact) mass is 231 g/mol. The number of rotatable bonds is 2. The number of nitrogens with two attached hydrogens (primary N) is 1. The predicted molar refractivity (Wildman–Crippen MR) is 64.5 cm³/mol. The number of anilines is 2. The first kappa shape index (κ1) is 11.1. The van der Waals surface area contributed by atoms with Gasteiger partial charge in [0.05, 0.1) is 24.4 Å². The molecule has 2 aromatic heterocycles. The first-order valence-electron chi connectivity index (χ1n) is 5.07. The van der Waals surface area contributed by atoms with E-state index in [0.717, 1.165) is 5.56 Å². The topological polar surface area (TPSA) is 85.8 Å². The number of pyridine rings is 1. The number of nitrogen functional groups attached to an aromatic ring is 1. The van der Waals surface area contributed by atoms with Gasteiger partial charge in [-0.1, -0.05) is 0 Å². The van der Waals surface area contributed by atoms with Gasteiger partial charge >= 0.3 is 0 Å². The summed E-state index contributed by atoms with van der Waals surface area (Å²) < 4.78 is 1.64. The van der Waals surface area contributed by atoms with E-state index in [1.807, 2.05) is 6.92 Å². The molecule has 0 saturated carbocycles. The van der Waals surface area contributed by atoms with Gasteiger partial charge in [-0.25, -0.2) is 9.97 Å². The molecule has 88 valence electrons. The van der Waals surface area contributed by atoms with E-state index < -0.39 is 0 Å². The Hall–Kier alpha value is -2.37. The minimum atomic E-state index is -0.245. The van der Waals surface area contributed by atoms with Crippen LogP contribution in [-0.4, -0.2) is 20.4 Å². The number of hydrogen-bond donors (Lipinski definition) is 2. The molecule has 0 radical (unpaired) electrons. The highest BCUT2D eigenvalue weighted by molar-refractivity contribution is 6.02. The molecule has 0 atom stereocenters. The summed E-state index contributed by atoms with van der Waals surface area (Å²) in [6, 6.07) is 1.76. The van der Waals surface area contributed by atoms with Crippen LogP contribution in [0.1, 0.15) is 16.1 Å². The van der Waals surface area contributed by atoms with Gasteiger partial charge in [0.2, 0.25) is 0 Å². The molecule has 2 heterocycles. The summed E-state index contributed by atoms with van der Waals surface area (Å²) in [7, 11) is 1.76. The molecule has 6 nitrogen and oxygen atoms in total. The van der Waals surface area contributed by atoms with Crippen molar-refractivity contribution in [3.8, 4) is 0 Å². The largest absolute Gasteiger partial charge is 0.397 e. The van der Waals surface area contributed by atoms with Crippen LogP contribution >= 0.6 is 0 Å². The average Bonchev–Trinajstić information content (AvgIpc) is 2.68. The van der Waals surface area contributed by atoms with E-state index in [0.29, 0.717) is 17.2 Å². The Balaban J connectivity index is 2.22. The molecule has 2 aromatic rings. The summed E-state index contributed by atoms with van der Waals surface area (Å²) in [6.07, 6.45) is 4.58. The molecule has 6 heteroatoms. The minimum absolute atomic E-state index is 0.245. The van der Waals surface area contributed by atoms with Gasteiger partial charge in [0.15, 0.2) is 0 Å². The van der Waals surface area contributed by atoms with Crippen molar-refractivity contribution in [2.24, 2.45) is 7.05 Å². The second-order valence-electron chi connectivity index (χ2n) is 3.78. The Morgan fingerprint density at radius 3 is 2.82 bits per heavy atom. The predicted octanol–water partition coefficient (Wildman–Crippen LogP) is 0.958. The van der Waals surface area contributed by atoms with Crippen LogP contribution in [0.25, 0.3) is 0 Å². The van der Waals surface area contributed by atoms with E-state index >= 15 is 0 Å². The normalized spacial score (nSPS) is 10.2. The van der Waals surface area contributed by atoms with Crippen molar-refractivity contribution in [3.63, 3.8) is 0 Å². The molecule has 0 aromatic carbocycles. The summed E-state index contributed by atoms with van der Waals surface area (Å²) in [5.41, 5.74) is 7.45. The van der Waals surface area contributed by atoms with Gasteiger partial charge in [0, 0.05) is 7.05 Å². The third-order valence-corrected chi connectivity index (χ3v) is 2.38. The Morgan fingerprint density at radius 2 is 2.24 bits per heavy atom. The molecule has 0 saturated heterocycles. The lowest BCUT2D eigenvalue weighted by molar-refractivity contribution is 0.101. The lowest BCUT2D eigenvalue weighted by atomic mass is 10.2. The van der Waals surface area contributed by atoms with Gasteiger partial charge in [0.1, 0.15) is 11.5 Å². The van der Waals surface area contributed by atoms with Crippen LogP contribution in [-0.2, 0) is 7.05 Å². The van der Waals surface area contributed by atoms with Crippen LogP contribution in [0.2, 0.25) is 0 Å². The van der Waals surface area contributed by atoms with Crippen molar-refractivity contribution in [1.29, 1.82) is 0 Å². The maximum atomic E-state index is 11.9. The van der Waals surface area contributed by atoms with Gasteiger partial charge in [0.25, 0.3) is 5.91 Å². The molecular weight excluding hydrogens is 218 g/mol. The number of hydrogen-bond acceptors (Lipinski definition) is 4. The zero-order valence-electron chi connectivity index (χ0n) is 9.64. The quantitative estimate of drug-likeness (QED) is 0.806. The van der Waals surface area contributed by atoms with E-state index in [2.05, 4.69) is 15.3 Å². The number of imidazole rings is 1. The number of carbonyl (C=O) groups excluding carboxylic acids is 1. The van der Waals surface area contributed by atoms with E-state index in [-0.39, 0.29) is 5.91 Å². The third kappa shape index (κ3) is 2.25. The van der Waals surface area contributed by atoms with Crippen molar-refractivity contribution in [2.75, 3.05) is 11.1 Å². The van der Waals surface area contributed by atoms with Crippen LogP contribution in [0, 0.1) is 6.92 Å². The number of carbonyl (C=O) groups is 1. The van der Waals surface area contributed by atoms with E-state index in [1.165, 1.54) is 12.4 Å². The summed E-state index contributed by atoms with van der Waals surface area (Å²) >= 11 is 0. The van der Waals surface area contributed by atoms with E-state index in [4.69, 9.17) is 5.73 Å². The van der Waals surface area contributed by atoms with Crippen molar-refractivity contribution in [3.05, 3.63) is 36.0 Å². The first-order chi connectivity index (χ1) is 8.08. The summed E-state index contributed by atoms with van der Waals surface area (Å²) in [5, 5.41) is 2.71. The molecule has 0 fully saturated rings. The standard InChI is InChI=1S/C11H13N5O/c1-7-3-8(12)4-14-10(7)15-11(17)9-5-13-6-16(9)2/h3-6H,12H2,1-2H3,(H,14,15,17). The van der Waals surface area contributed by atoms with Crippen molar-refractivity contribution >= 4 is 17.4 Å². The zero-order chi connectivity index (χ0) is 12.4. The maximum Gasteiger partial charge on any atom is 0.275 e. The highest BCUT2D eigenvalue weighted by atomic mass is 16.2. The van der Waals surface area contributed by atoms with Crippen LogP contribution in [0.15, 0.2) is 24.8 Å². The molecule has 1 amide bonds. The van der Waals surface area contributed by atoms with Crippen molar-refractivity contribution < 1.29 is 4.79 Å². The lowest BCUT2D eigenvalue weighted by Gasteiger charge is -2.07. The summed E-state index contributed by atoms with van der Waals surface area (Å²) in [5.74, 6) is 0.260. The maximum absolute atomic E-state index is 11.9. The molecule has 0 spiro atoms. The zero-order valence-corrected chi connectivity index (χ0v) is 9.64. The number of aryl methyl sites for hydroxylation is 2. The second-order valence-corrected chi connectivity index (χ2v) is 3.78. The van der Waals surface area contributed by atoms with Gasteiger partial charge < -0.3 is 15.6 Å². The van der Waals surface area contributed by atoms with Gasteiger partial charge in [-0.15, -0.1) is 0 Å². The lowest BCUT2D eigenvalue weighted by Crippen LogP contribution is -2.17. The van der Waals surface area contributed by atoms with Gasteiger partial charge in [-0.3, -0.25) is 4.79 Å². The van der Waals surface area contributed by atoms with Gasteiger partial charge in [-0.05, 0) is 18.6 Å². The highest BCUT2D eigenvalue weighted by Gasteiger charge is 2.11. The summed E-state index contributed by atoms with van der Waals surface area (Å²) in [4.78, 5) is 19.8. The van der Waals surface area contributed by atoms with Crippen LogP contribution in [0.5, 0.6) is 0 Å². The molecule has 17 heavy (non-hydrogen) atoms. The number of nitrogens with zero attached hydrogens (tertiary/aromatic N) is 3. The SMILES string of the molecule is Cc1cc(N)cnc1NC(=O)c1cncn1C. The van der Waals surface area contributed by atoms with Crippen molar-refractivity contribution in [1.82, 2.24) is 14.5 Å². The Bertz CT molecular complexity index is 561. The third-order valence-electron chi connectivity index (χ3n) is 2.38. The fourth-order valence-corrected chi connectivity index (χ4v) is 1.47. The van der Waals surface area contributed by atoms with Crippen LogP contribution in [0.3, 0.4) is 0 Å². The van der Waals surface area contributed by atoms with E-state index in [1.54, 1.807) is 24.0 Å². The van der Waals surface area contributed by atoms with Crippen LogP contribution in [0.4, 0.5) is 11.5 Å². The fourth-order valence-electron chi connectivity index (χ4n) is 1.47. The average molecular weight is 231 g/mol. The van der Waals surface area contributed by atoms with Crippen LogP contribution < -0.4 is 11.1 Å². The molecule has 2 rings (SSSR count). The molecule has 0 aliphatic carbocycles. The highest BCUT2D eigenvalue weighted by Crippen LogP contribution is 2.14. The van der Waals surface area contributed by atoms with E-state index in [9.17, 15) is 4.79 Å². The summed E-state index contributed by atoms with van der Waals surface area (Å²) in [6.45, 7) is 1.84. The Morgan fingerprint density at radius 1 is 1.47 bits per heavy atom. The molecule has 0 aliphatic heterocycles. The molecule has 0 unspecified atom stereocenters. The minimum Gasteiger partial charge on any atom is -0.397 e. The molecule has 0 bridgehead atoms. The molecule has 3 N–H and O–H groups in total. The smallest absolute Gasteiger partial charge is 0.275 e. The first-order valence-corrected chi connectivity index (χ1v) is 5.07. The molecule has 0 aliphatic rings. The number of amides is 1. The second kappa shape index (κ2) is 4.25. The number of aromatic nitrogens is 3. The Kier molecular flexibility index (Phi) is 2.78. The molecular formula is C11H13N5O. The van der Waals surface area contributed by atoms with Gasteiger partial charge in [-0.2, -0.15) is 0 Å². The Labute approximate surface area is 98.5 Å².